The molecule has 0 spiro atoms. The van der Waals surface area contributed by atoms with E-state index in [0.717, 1.165) is 44.5 Å². The average Bonchev–Trinajstić information content (AvgIpc) is 3.21. The van der Waals surface area contributed by atoms with Gasteiger partial charge < -0.3 is 15.2 Å². The molecule has 152 valence electrons. The van der Waals surface area contributed by atoms with Crippen LogP contribution in [0, 0.1) is 34.6 Å². The Hall–Kier alpha value is -2.93. The van der Waals surface area contributed by atoms with Crippen LogP contribution in [0.3, 0.4) is 0 Å². The number of nitrogens with one attached hydrogen (secondary N) is 2. The van der Waals surface area contributed by atoms with Crippen molar-refractivity contribution in [2.75, 3.05) is 11.9 Å². The molecule has 0 aliphatic carbocycles. The van der Waals surface area contributed by atoms with Crippen molar-refractivity contribution in [3.8, 4) is 11.3 Å². The molecule has 6 nitrogen and oxygen atoms in total. The molecule has 29 heavy (non-hydrogen) atoms. The number of hydrogen-bond donors (Lipinski definition) is 2. The summed E-state index contributed by atoms with van der Waals surface area (Å²) in [5.41, 5.74) is 6.72. The van der Waals surface area contributed by atoms with Gasteiger partial charge in [0.15, 0.2) is 0 Å². The molecular weight excluding hydrogens is 384 g/mol. The lowest BCUT2D eigenvalue weighted by Gasteiger charge is -2.13. The first kappa shape index (κ1) is 20.8. The number of aromatic nitrogens is 2. The summed E-state index contributed by atoms with van der Waals surface area (Å²) in [6.45, 7) is 9.92. The van der Waals surface area contributed by atoms with Crippen molar-refractivity contribution in [3.63, 3.8) is 0 Å². The molecular formula is C22H26N4O2S. The van der Waals surface area contributed by atoms with Crippen LogP contribution in [0.2, 0.25) is 0 Å². The molecule has 0 fully saturated rings. The SMILES string of the molecule is Cc1nc(-c2cc(C)n(CC(=O)NCC(=O)Nc3c(C)cccc3C)c2C)cs1. The van der Waals surface area contributed by atoms with Crippen LogP contribution in [0.25, 0.3) is 11.3 Å². The van der Waals surface area contributed by atoms with Crippen LogP contribution in [0.4, 0.5) is 5.69 Å². The molecule has 0 unspecified atom stereocenters. The third-order valence-corrected chi connectivity index (χ3v) is 5.74. The van der Waals surface area contributed by atoms with E-state index < -0.39 is 0 Å². The topological polar surface area (TPSA) is 76.0 Å². The van der Waals surface area contributed by atoms with Gasteiger partial charge in [-0.15, -0.1) is 11.3 Å². The van der Waals surface area contributed by atoms with Crippen LogP contribution in [0.5, 0.6) is 0 Å². The molecule has 0 saturated heterocycles. The van der Waals surface area contributed by atoms with E-state index in [1.54, 1.807) is 11.3 Å². The first-order valence-electron chi connectivity index (χ1n) is 9.48. The quantitative estimate of drug-likeness (QED) is 0.647. The zero-order chi connectivity index (χ0) is 21.1. The van der Waals surface area contributed by atoms with Gasteiger partial charge in [-0.05, 0) is 51.8 Å². The highest BCUT2D eigenvalue weighted by molar-refractivity contribution is 7.09. The predicted octanol–water partition coefficient (Wildman–Crippen LogP) is 3.91. The monoisotopic (exact) mass is 410 g/mol. The Balaban J connectivity index is 1.61. The molecule has 0 saturated carbocycles. The van der Waals surface area contributed by atoms with Gasteiger partial charge in [-0.3, -0.25) is 9.59 Å². The Labute approximate surface area is 175 Å². The maximum Gasteiger partial charge on any atom is 0.243 e. The summed E-state index contributed by atoms with van der Waals surface area (Å²) >= 11 is 1.61. The fourth-order valence-electron chi connectivity index (χ4n) is 3.36. The van der Waals surface area contributed by atoms with Crippen molar-refractivity contribution in [1.29, 1.82) is 0 Å². The highest BCUT2D eigenvalue weighted by Gasteiger charge is 2.16. The summed E-state index contributed by atoms with van der Waals surface area (Å²) in [6, 6.07) is 7.89. The van der Waals surface area contributed by atoms with Crippen LogP contribution in [0.15, 0.2) is 29.6 Å². The van der Waals surface area contributed by atoms with Crippen LogP contribution in [0.1, 0.15) is 27.5 Å². The minimum Gasteiger partial charge on any atom is -0.345 e. The lowest BCUT2D eigenvalue weighted by molar-refractivity contribution is -0.124. The van der Waals surface area contributed by atoms with Gasteiger partial charge in [0.1, 0.15) is 6.54 Å². The van der Waals surface area contributed by atoms with Gasteiger partial charge in [-0.1, -0.05) is 18.2 Å². The first-order valence-corrected chi connectivity index (χ1v) is 10.4. The third-order valence-electron chi connectivity index (χ3n) is 4.96. The normalized spacial score (nSPS) is 10.8. The molecule has 2 aromatic heterocycles. The molecule has 1 aromatic carbocycles. The second kappa shape index (κ2) is 8.61. The van der Waals surface area contributed by atoms with Crippen LogP contribution in [-0.4, -0.2) is 27.9 Å². The van der Waals surface area contributed by atoms with Gasteiger partial charge >= 0.3 is 0 Å². The van der Waals surface area contributed by atoms with Crippen LogP contribution >= 0.6 is 11.3 Å². The maximum absolute atomic E-state index is 12.4. The summed E-state index contributed by atoms with van der Waals surface area (Å²) < 4.78 is 1.95. The average molecular weight is 411 g/mol. The second-order valence-electron chi connectivity index (χ2n) is 7.21. The zero-order valence-corrected chi connectivity index (χ0v) is 18.2. The number of amides is 2. The van der Waals surface area contributed by atoms with E-state index in [2.05, 4.69) is 15.6 Å². The van der Waals surface area contributed by atoms with E-state index in [-0.39, 0.29) is 24.9 Å². The lowest BCUT2D eigenvalue weighted by atomic mass is 10.1. The summed E-state index contributed by atoms with van der Waals surface area (Å²) in [6.07, 6.45) is 0. The van der Waals surface area contributed by atoms with Crippen molar-refractivity contribution in [2.24, 2.45) is 0 Å². The molecule has 2 heterocycles. The largest absolute Gasteiger partial charge is 0.345 e. The van der Waals surface area contributed by atoms with Crippen molar-refractivity contribution >= 4 is 28.8 Å². The Morgan fingerprint density at radius 2 is 1.76 bits per heavy atom. The van der Waals surface area contributed by atoms with E-state index in [4.69, 9.17) is 0 Å². The van der Waals surface area contributed by atoms with E-state index in [1.165, 1.54) is 0 Å². The predicted molar refractivity (Wildman–Crippen MR) is 117 cm³/mol. The van der Waals surface area contributed by atoms with Gasteiger partial charge in [0.2, 0.25) is 11.8 Å². The van der Waals surface area contributed by atoms with Gasteiger partial charge in [-0.2, -0.15) is 0 Å². The number of rotatable bonds is 6. The lowest BCUT2D eigenvalue weighted by Crippen LogP contribution is -2.35. The highest BCUT2D eigenvalue weighted by Crippen LogP contribution is 2.27. The molecule has 0 radical (unpaired) electrons. The molecule has 2 N–H and O–H groups in total. The number of carbonyl (C=O) groups is 2. The van der Waals surface area contributed by atoms with E-state index in [9.17, 15) is 9.59 Å². The summed E-state index contributed by atoms with van der Waals surface area (Å²) in [5.74, 6) is -0.445. The smallest absolute Gasteiger partial charge is 0.243 e. The highest BCUT2D eigenvalue weighted by atomic mass is 32.1. The molecule has 3 aromatic rings. The molecule has 0 aliphatic heterocycles. The number of anilines is 1. The molecule has 3 rings (SSSR count). The maximum atomic E-state index is 12.4. The number of para-hydroxylation sites is 1. The van der Waals surface area contributed by atoms with Crippen LogP contribution < -0.4 is 10.6 Å². The molecule has 0 bridgehead atoms. The van der Waals surface area contributed by atoms with Crippen LogP contribution in [-0.2, 0) is 16.1 Å². The van der Waals surface area contributed by atoms with E-state index in [0.29, 0.717) is 0 Å². The van der Waals surface area contributed by atoms with E-state index >= 15 is 0 Å². The summed E-state index contributed by atoms with van der Waals surface area (Å²) in [7, 11) is 0. The minimum atomic E-state index is -0.240. The Bertz CT molecular complexity index is 1040. The summed E-state index contributed by atoms with van der Waals surface area (Å²) in [4.78, 5) is 29.2. The molecule has 0 aliphatic rings. The minimum absolute atomic E-state index is 0.0654. The van der Waals surface area contributed by atoms with E-state index in [1.807, 2.05) is 68.8 Å². The molecule has 7 heteroatoms. The Morgan fingerprint density at radius 3 is 2.38 bits per heavy atom. The number of aryl methyl sites for hydroxylation is 4. The zero-order valence-electron chi connectivity index (χ0n) is 17.4. The van der Waals surface area contributed by atoms with Gasteiger partial charge in [0, 0.05) is 28.0 Å². The van der Waals surface area contributed by atoms with Crippen molar-refractivity contribution < 1.29 is 9.59 Å². The van der Waals surface area contributed by atoms with Gasteiger partial charge in [0.05, 0.1) is 17.2 Å². The Kier molecular flexibility index (Phi) is 6.17. The number of carbonyl (C=O) groups excluding carboxylic acids is 2. The third kappa shape index (κ3) is 4.74. The number of benzene rings is 1. The standard InChI is InChI=1S/C22H26N4O2S/c1-13-7-6-8-14(2)22(13)25-20(27)10-23-21(28)11-26-15(3)9-18(16(26)4)19-12-29-17(5)24-19/h6-9,12H,10-11H2,1-5H3,(H,23,28)(H,25,27). The first-order chi connectivity index (χ1) is 13.8. The second-order valence-corrected chi connectivity index (χ2v) is 8.28. The summed E-state index contributed by atoms with van der Waals surface area (Å²) in [5, 5.41) is 8.63. The van der Waals surface area contributed by atoms with Crippen molar-refractivity contribution in [2.45, 2.75) is 41.2 Å². The number of nitrogens with zero attached hydrogens (tertiary/aromatic N) is 2. The van der Waals surface area contributed by atoms with Crippen molar-refractivity contribution in [3.05, 3.63) is 57.2 Å². The van der Waals surface area contributed by atoms with Gasteiger partial charge in [-0.25, -0.2) is 4.98 Å². The molecule has 0 atom stereocenters. The number of hydrogen-bond acceptors (Lipinski definition) is 4. The molecule has 2 amide bonds. The fourth-order valence-corrected chi connectivity index (χ4v) is 3.98. The van der Waals surface area contributed by atoms with Gasteiger partial charge in [0.25, 0.3) is 0 Å². The van der Waals surface area contributed by atoms with Crippen molar-refractivity contribution in [1.82, 2.24) is 14.9 Å². The fraction of sp³-hybridized carbons (Fsp3) is 0.318. The number of thiazole rings is 1. The Morgan fingerprint density at radius 1 is 1.07 bits per heavy atom.